The van der Waals surface area contributed by atoms with Crippen LogP contribution in [0.3, 0.4) is 0 Å². The third-order valence-corrected chi connectivity index (χ3v) is 3.51. The summed E-state index contributed by atoms with van der Waals surface area (Å²) in [6.45, 7) is 0.0725. The first-order valence-electron chi connectivity index (χ1n) is 7.27. The third kappa shape index (κ3) is 5.24. The van der Waals surface area contributed by atoms with Crippen LogP contribution in [-0.2, 0) is 16.0 Å². The van der Waals surface area contributed by atoms with Gasteiger partial charge in [-0.05, 0) is 36.2 Å². The van der Waals surface area contributed by atoms with Gasteiger partial charge in [0.05, 0.1) is 12.7 Å². The van der Waals surface area contributed by atoms with E-state index in [9.17, 15) is 9.59 Å². The van der Waals surface area contributed by atoms with Crippen molar-refractivity contribution in [2.24, 2.45) is 0 Å². The number of nitrogens with zero attached hydrogens (tertiary/aromatic N) is 1. The van der Waals surface area contributed by atoms with E-state index >= 15 is 0 Å². The number of hydrogen-bond donors (Lipinski definition) is 1. The summed E-state index contributed by atoms with van der Waals surface area (Å²) in [4.78, 5) is 27.3. The monoisotopic (exact) mass is 348 g/mol. The zero-order valence-corrected chi connectivity index (χ0v) is 13.9. The van der Waals surface area contributed by atoms with Crippen molar-refractivity contribution in [3.05, 3.63) is 58.9 Å². The van der Waals surface area contributed by atoms with Crippen molar-refractivity contribution in [3.63, 3.8) is 0 Å². The van der Waals surface area contributed by atoms with Crippen LogP contribution in [0.15, 0.2) is 42.6 Å². The van der Waals surface area contributed by atoms with Gasteiger partial charge in [-0.3, -0.25) is 4.79 Å². The summed E-state index contributed by atoms with van der Waals surface area (Å²) in [5.41, 5.74) is 1.19. The van der Waals surface area contributed by atoms with Gasteiger partial charge in [-0.1, -0.05) is 23.7 Å². The largest absolute Gasteiger partial charge is 0.497 e. The molecule has 1 amide bonds. The number of pyridine rings is 1. The van der Waals surface area contributed by atoms with Crippen LogP contribution >= 0.6 is 11.6 Å². The van der Waals surface area contributed by atoms with Crippen LogP contribution < -0.4 is 10.1 Å². The van der Waals surface area contributed by atoms with Gasteiger partial charge in [0.15, 0.2) is 6.61 Å². The number of methoxy groups -OCH3 is 1. The standard InChI is InChI=1S/C17H17ClN2O4/c1-23-13-6-4-12(5-7-13)8-10-19-15(21)11-24-17(22)14-3-2-9-20-16(14)18/h2-7,9H,8,10-11H2,1H3,(H,19,21). The van der Waals surface area contributed by atoms with E-state index in [1.807, 2.05) is 24.3 Å². The van der Waals surface area contributed by atoms with Gasteiger partial charge in [-0.2, -0.15) is 0 Å². The van der Waals surface area contributed by atoms with Gasteiger partial charge in [0.2, 0.25) is 0 Å². The zero-order valence-electron chi connectivity index (χ0n) is 13.1. The summed E-state index contributed by atoms with van der Waals surface area (Å²) in [7, 11) is 1.61. The molecule has 0 unspecified atom stereocenters. The summed E-state index contributed by atoms with van der Waals surface area (Å²) >= 11 is 5.79. The topological polar surface area (TPSA) is 77.5 Å². The second-order valence-corrected chi connectivity index (χ2v) is 5.22. The summed E-state index contributed by atoms with van der Waals surface area (Å²) in [6, 6.07) is 10.6. The molecule has 0 aliphatic rings. The molecule has 0 aliphatic heterocycles. The predicted octanol–water partition coefficient (Wildman–Crippen LogP) is 2.26. The van der Waals surface area contributed by atoms with Crippen LogP contribution in [-0.4, -0.2) is 37.1 Å². The molecule has 0 atom stereocenters. The second kappa shape index (κ2) is 8.88. The van der Waals surface area contributed by atoms with Crippen molar-refractivity contribution in [2.75, 3.05) is 20.3 Å². The van der Waals surface area contributed by atoms with Crippen LogP contribution in [0.4, 0.5) is 0 Å². The van der Waals surface area contributed by atoms with Gasteiger partial charge in [-0.25, -0.2) is 9.78 Å². The first-order chi connectivity index (χ1) is 11.6. The lowest BCUT2D eigenvalue weighted by atomic mass is 10.1. The molecule has 0 aliphatic carbocycles. The molecule has 0 saturated heterocycles. The lowest BCUT2D eigenvalue weighted by molar-refractivity contribution is -0.124. The molecule has 126 valence electrons. The number of rotatable bonds is 7. The third-order valence-electron chi connectivity index (χ3n) is 3.21. The molecule has 0 radical (unpaired) electrons. The number of carbonyl (C=O) groups is 2. The number of carbonyl (C=O) groups excluding carboxylic acids is 2. The molecule has 1 N–H and O–H groups in total. The Hall–Kier alpha value is -2.60. The van der Waals surface area contributed by atoms with Gasteiger partial charge < -0.3 is 14.8 Å². The molecule has 0 saturated carbocycles. The Morgan fingerprint density at radius 2 is 1.96 bits per heavy atom. The highest BCUT2D eigenvalue weighted by atomic mass is 35.5. The number of nitrogens with one attached hydrogen (secondary N) is 1. The average molecular weight is 349 g/mol. The summed E-state index contributed by atoms with van der Waals surface area (Å²) < 4.78 is 9.99. The maximum Gasteiger partial charge on any atom is 0.341 e. The lowest BCUT2D eigenvalue weighted by Gasteiger charge is -2.07. The smallest absolute Gasteiger partial charge is 0.341 e. The highest BCUT2D eigenvalue weighted by Gasteiger charge is 2.13. The highest BCUT2D eigenvalue weighted by Crippen LogP contribution is 2.13. The molecule has 2 aromatic rings. The molecule has 1 aromatic heterocycles. The Balaban J connectivity index is 1.71. The van der Waals surface area contributed by atoms with E-state index < -0.39 is 5.97 Å². The van der Waals surface area contributed by atoms with Crippen LogP contribution in [0, 0.1) is 0 Å². The van der Waals surface area contributed by atoms with Gasteiger partial charge in [-0.15, -0.1) is 0 Å². The summed E-state index contributed by atoms with van der Waals surface area (Å²) in [5, 5.41) is 2.73. The Labute approximate surface area is 144 Å². The SMILES string of the molecule is COc1ccc(CCNC(=O)COC(=O)c2cccnc2Cl)cc1. The number of benzene rings is 1. The normalized spacial score (nSPS) is 10.1. The number of esters is 1. The zero-order chi connectivity index (χ0) is 17.4. The molecule has 0 fully saturated rings. The van der Waals surface area contributed by atoms with E-state index in [2.05, 4.69) is 10.3 Å². The fraction of sp³-hybridized carbons (Fsp3) is 0.235. The minimum atomic E-state index is -0.682. The first-order valence-corrected chi connectivity index (χ1v) is 7.65. The molecular weight excluding hydrogens is 332 g/mol. The minimum absolute atomic E-state index is 0.0439. The molecular formula is C17H17ClN2O4. The molecule has 1 aromatic carbocycles. The first kappa shape index (κ1) is 17.7. The van der Waals surface area contributed by atoms with Gasteiger partial charge in [0, 0.05) is 12.7 Å². The average Bonchev–Trinajstić information content (AvgIpc) is 2.60. The Bertz CT molecular complexity index is 704. The summed E-state index contributed by atoms with van der Waals surface area (Å²) in [5.74, 6) is -0.279. The predicted molar refractivity (Wildman–Crippen MR) is 89.2 cm³/mol. The molecule has 7 heteroatoms. The number of aromatic nitrogens is 1. The van der Waals surface area contributed by atoms with Crippen molar-refractivity contribution in [2.45, 2.75) is 6.42 Å². The lowest BCUT2D eigenvalue weighted by Crippen LogP contribution is -2.30. The fourth-order valence-corrected chi connectivity index (χ4v) is 2.13. The number of amides is 1. The Morgan fingerprint density at radius 1 is 1.21 bits per heavy atom. The fourth-order valence-electron chi connectivity index (χ4n) is 1.94. The minimum Gasteiger partial charge on any atom is -0.497 e. The number of halogens is 1. The molecule has 0 spiro atoms. The van der Waals surface area contributed by atoms with Gasteiger partial charge >= 0.3 is 5.97 Å². The van der Waals surface area contributed by atoms with E-state index in [0.29, 0.717) is 13.0 Å². The molecule has 2 rings (SSSR count). The van der Waals surface area contributed by atoms with E-state index in [0.717, 1.165) is 11.3 Å². The summed E-state index contributed by atoms with van der Waals surface area (Å²) in [6.07, 6.45) is 2.13. The maximum atomic E-state index is 11.8. The van der Waals surface area contributed by atoms with Crippen molar-refractivity contribution in [1.29, 1.82) is 0 Å². The number of ether oxygens (including phenoxy) is 2. The van der Waals surface area contributed by atoms with Crippen molar-refractivity contribution >= 4 is 23.5 Å². The van der Waals surface area contributed by atoms with E-state index in [1.54, 1.807) is 13.2 Å². The Morgan fingerprint density at radius 3 is 2.62 bits per heavy atom. The molecule has 1 heterocycles. The Kier molecular flexibility index (Phi) is 6.57. The molecule has 0 bridgehead atoms. The van der Waals surface area contributed by atoms with Gasteiger partial charge in [0.1, 0.15) is 10.9 Å². The maximum absolute atomic E-state index is 11.8. The van der Waals surface area contributed by atoms with Crippen LogP contribution in [0.2, 0.25) is 5.15 Å². The van der Waals surface area contributed by atoms with Gasteiger partial charge in [0.25, 0.3) is 5.91 Å². The molecule has 6 nitrogen and oxygen atoms in total. The highest BCUT2D eigenvalue weighted by molar-refractivity contribution is 6.32. The molecule has 24 heavy (non-hydrogen) atoms. The van der Waals surface area contributed by atoms with Crippen molar-refractivity contribution in [3.8, 4) is 5.75 Å². The second-order valence-electron chi connectivity index (χ2n) is 4.87. The van der Waals surface area contributed by atoms with Crippen molar-refractivity contribution in [1.82, 2.24) is 10.3 Å². The van der Waals surface area contributed by atoms with E-state index in [4.69, 9.17) is 21.1 Å². The van der Waals surface area contributed by atoms with Crippen LogP contribution in [0.25, 0.3) is 0 Å². The number of hydrogen-bond acceptors (Lipinski definition) is 5. The van der Waals surface area contributed by atoms with Crippen molar-refractivity contribution < 1.29 is 19.1 Å². The quantitative estimate of drug-likeness (QED) is 0.613. The van der Waals surface area contributed by atoms with E-state index in [1.165, 1.54) is 12.3 Å². The van der Waals surface area contributed by atoms with Crippen LogP contribution in [0.1, 0.15) is 15.9 Å². The van der Waals surface area contributed by atoms with Crippen LogP contribution in [0.5, 0.6) is 5.75 Å². The van der Waals surface area contributed by atoms with E-state index in [-0.39, 0.29) is 23.2 Å².